The molecule has 0 radical (unpaired) electrons. The summed E-state index contributed by atoms with van der Waals surface area (Å²) in [6.07, 6.45) is -1.89. The molecule has 0 saturated heterocycles. The van der Waals surface area contributed by atoms with E-state index in [-0.39, 0.29) is 18.7 Å². The highest BCUT2D eigenvalue weighted by Crippen LogP contribution is 2.23. The molecule has 0 heterocycles. The van der Waals surface area contributed by atoms with Crippen LogP contribution in [0.15, 0.2) is 23.3 Å². The molecule has 0 aliphatic rings. The van der Waals surface area contributed by atoms with Crippen LogP contribution in [0, 0.1) is 6.92 Å². The van der Waals surface area contributed by atoms with E-state index in [9.17, 15) is 15.0 Å². The van der Waals surface area contributed by atoms with Crippen molar-refractivity contribution in [3.05, 3.63) is 45.3 Å². The summed E-state index contributed by atoms with van der Waals surface area (Å²) in [5.41, 5.74) is 10.0. The van der Waals surface area contributed by atoms with Gasteiger partial charge in [0.1, 0.15) is 6.10 Å². The minimum Gasteiger partial charge on any atom is -0.390 e. The normalized spacial score (nSPS) is 13.5. The van der Waals surface area contributed by atoms with Crippen LogP contribution in [-0.2, 0) is 0 Å². The van der Waals surface area contributed by atoms with Crippen molar-refractivity contribution in [1.82, 2.24) is 0 Å². The van der Waals surface area contributed by atoms with E-state index < -0.39 is 12.2 Å². The summed E-state index contributed by atoms with van der Waals surface area (Å²) in [7, 11) is 0. The fraction of sp³-hybridized carbons (Fsp3) is 0.462. The van der Waals surface area contributed by atoms with Gasteiger partial charge in [-0.2, -0.15) is 0 Å². The Bertz CT molecular complexity index is 510. The molecule has 0 amide bonds. The summed E-state index contributed by atoms with van der Waals surface area (Å²) in [6, 6.07) is 4.93. The number of carbonyl (C=O) groups is 1. The number of carbonyl (C=O) groups excluding carboxylic acids is 1. The molecule has 102 valence electrons. The van der Waals surface area contributed by atoms with Crippen molar-refractivity contribution in [2.45, 2.75) is 32.5 Å². The minimum absolute atomic E-state index is 0.0481. The first kappa shape index (κ1) is 15.2. The summed E-state index contributed by atoms with van der Waals surface area (Å²) >= 11 is 0. The highest BCUT2D eigenvalue weighted by atomic mass is 16.3. The number of azide groups is 1. The van der Waals surface area contributed by atoms with Crippen molar-refractivity contribution >= 4 is 5.78 Å². The maximum absolute atomic E-state index is 11.2. The van der Waals surface area contributed by atoms with E-state index in [2.05, 4.69) is 10.0 Å². The van der Waals surface area contributed by atoms with Gasteiger partial charge in [-0.1, -0.05) is 17.2 Å². The lowest BCUT2D eigenvalue weighted by molar-refractivity contribution is 0.0147. The van der Waals surface area contributed by atoms with Gasteiger partial charge < -0.3 is 10.2 Å². The lowest BCUT2D eigenvalue weighted by Crippen LogP contribution is -2.20. The van der Waals surface area contributed by atoms with Crippen LogP contribution < -0.4 is 0 Å². The lowest BCUT2D eigenvalue weighted by atomic mass is 9.95. The van der Waals surface area contributed by atoms with Gasteiger partial charge in [-0.3, -0.25) is 4.79 Å². The third kappa shape index (κ3) is 4.06. The molecule has 0 aromatic heterocycles. The molecule has 0 bridgehead atoms. The standard InChI is InChI=1S/C13H17N3O3/c1-8-7-10(9(2)17)3-4-11(8)13(19)12(18)5-6-15-16-14/h3-4,7,12-13,18-19H,5-6H2,1-2H3. The Kier molecular flexibility index (Phi) is 5.51. The molecule has 6 nitrogen and oxygen atoms in total. The number of ketones is 1. The quantitative estimate of drug-likeness (QED) is 0.356. The van der Waals surface area contributed by atoms with Crippen LogP contribution in [0.2, 0.25) is 0 Å². The number of aryl methyl sites for hydroxylation is 1. The first-order valence-electron chi connectivity index (χ1n) is 5.96. The van der Waals surface area contributed by atoms with E-state index in [1.54, 1.807) is 25.1 Å². The Morgan fingerprint density at radius 2 is 2.16 bits per heavy atom. The first-order chi connectivity index (χ1) is 8.97. The lowest BCUT2D eigenvalue weighted by Gasteiger charge is -2.19. The molecule has 2 atom stereocenters. The zero-order valence-electron chi connectivity index (χ0n) is 10.9. The Labute approximate surface area is 111 Å². The summed E-state index contributed by atoms with van der Waals surface area (Å²) in [5, 5.41) is 23.1. The Hall–Kier alpha value is -1.88. The van der Waals surface area contributed by atoms with Gasteiger partial charge in [0.2, 0.25) is 0 Å². The number of aliphatic hydroxyl groups is 2. The molecule has 19 heavy (non-hydrogen) atoms. The molecule has 1 rings (SSSR count). The summed E-state index contributed by atoms with van der Waals surface area (Å²) < 4.78 is 0. The van der Waals surface area contributed by atoms with Crippen LogP contribution in [0.5, 0.6) is 0 Å². The number of hydrogen-bond donors (Lipinski definition) is 2. The molecule has 2 unspecified atom stereocenters. The zero-order valence-corrected chi connectivity index (χ0v) is 10.9. The van der Waals surface area contributed by atoms with E-state index >= 15 is 0 Å². The largest absolute Gasteiger partial charge is 0.390 e. The molecular weight excluding hydrogens is 246 g/mol. The zero-order chi connectivity index (χ0) is 14.4. The molecule has 1 aromatic rings. The Morgan fingerprint density at radius 3 is 2.68 bits per heavy atom. The van der Waals surface area contributed by atoms with Crippen molar-refractivity contribution in [2.24, 2.45) is 5.11 Å². The molecule has 0 spiro atoms. The van der Waals surface area contributed by atoms with Gasteiger partial charge in [0, 0.05) is 17.0 Å². The van der Waals surface area contributed by atoms with Crippen LogP contribution in [0.1, 0.15) is 40.9 Å². The van der Waals surface area contributed by atoms with Crippen molar-refractivity contribution in [1.29, 1.82) is 0 Å². The van der Waals surface area contributed by atoms with Gasteiger partial charge >= 0.3 is 0 Å². The van der Waals surface area contributed by atoms with Crippen LogP contribution in [0.25, 0.3) is 10.4 Å². The molecule has 6 heteroatoms. The molecule has 1 aromatic carbocycles. The fourth-order valence-electron chi connectivity index (χ4n) is 1.83. The third-order valence-electron chi connectivity index (χ3n) is 2.95. The van der Waals surface area contributed by atoms with Crippen molar-refractivity contribution in [3.63, 3.8) is 0 Å². The second-order valence-electron chi connectivity index (χ2n) is 4.38. The average molecular weight is 263 g/mol. The van der Waals surface area contributed by atoms with Crippen LogP contribution in [-0.4, -0.2) is 28.6 Å². The van der Waals surface area contributed by atoms with E-state index in [1.165, 1.54) is 6.92 Å². The first-order valence-corrected chi connectivity index (χ1v) is 5.96. The number of rotatable bonds is 6. The summed E-state index contributed by atoms with van der Waals surface area (Å²) in [5.74, 6) is -0.0481. The third-order valence-corrected chi connectivity index (χ3v) is 2.95. The summed E-state index contributed by atoms with van der Waals surface area (Å²) in [4.78, 5) is 13.8. The number of hydrogen-bond acceptors (Lipinski definition) is 4. The highest BCUT2D eigenvalue weighted by molar-refractivity contribution is 5.94. The topological polar surface area (TPSA) is 106 Å². The smallest absolute Gasteiger partial charge is 0.159 e. The number of Topliss-reactive ketones (excluding diaryl/α,β-unsaturated/α-hetero) is 1. The minimum atomic E-state index is -1.06. The van der Waals surface area contributed by atoms with Gasteiger partial charge in [-0.15, -0.1) is 0 Å². The molecule has 0 saturated carbocycles. The van der Waals surface area contributed by atoms with Crippen molar-refractivity contribution in [2.75, 3.05) is 6.54 Å². The maximum atomic E-state index is 11.2. The number of benzene rings is 1. The molecular formula is C13H17N3O3. The predicted octanol–water partition coefficient (Wildman–Crippen LogP) is 2.29. The number of aliphatic hydroxyl groups excluding tert-OH is 2. The van der Waals surface area contributed by atoms with Gasteiger partial charge in [-0.05, 0) is 43.0 Å². The summed E-state index contributed by atoms with van der Waals surface area (Å²) in [6.45, 7) is 3.37. The molecule has 2 N–H and O–H groups in total. The van der Waals surface area contributed by atoms with Gasteiger partial charge in [0.25, 0.3) is 0 Å². The van der Waals surface area contributed by atoms with Gasteiger partial charge in [-0.25, -0.2) is 0 Å². The fourth-order valence-corrected chi connectivity index (χ4v) is 1.83. The molecule has 0 aliphatic carbocycles. The van der Waals surface area contributed by atoms with E-state index in [1.807, 2.05) is 0 Å². The van der Waals surface area contributed by atoms with E-state index in [0.29, 0.717) is 11.1 Å². The predicted molar refractivity (Wildman–Crippen MR) is 70.8 cm³/mol. The Balaban J connectivity index is 2.84. The van der Waals surface area contributed by atoms with Crippen LogP contribution in [0.3, 0.4) is 0 Å². The Morgan fingerprint density at radius 1 is 1.47 bits per heavy atom. The molecule has 0 fully saturated rings. The molecule has 0 aliphatic heterocycles. The maximum Gasteiger partial charge on any atom is 0.159 e. The van der Waals surface area contributed by atoms with Gasteiger partial charge in [0.15, 0.2) is 5.78 Å². The van der Waals surface area contributed by atoms with Crippen LogP contribution >= 0.6 is 0 Å². The second kappa shape index (κ2) is 6.89. The van der Waals surface area contributed by atoms with E-state index in [4.69, 9.17) is 5.53 Å². The SMILES string of the molecule is CC(=O)c1ccc(C(O)C(O)CCN=[N+]=[N-])c(C)c1. The highest BCUT2D eigenvalue weighted by Gasteiger charge is 2.19. The average Bonchev–Trinajstić information content (AvgIpc) is 2.37. The van der Waals surface area contributed by atoms with E-state index in [0.717, 1.165) is 5.56 Å². The second-order valence-corrected chi connectivity index (χ2v) is 4.38. The monoisotopic (exact) mass is 263 g/mol. The van der Waals surface area contributed by atoms with Crippen molar-refractivity contribution < 1.29 is 15.0 Å². The van der Waals surface area contributed by atoms with Crippen molar-refractivity contribution in [3.8, 4) is 0 Å². The van der Waals surface area contributed by atoms with Gasteiger partial charge in [0.05, 0.1) is 6.10 Å². The number of nitrogens with zero attached hydrogens (tertiary/aromatic N) is 3. The van der Waals surface area contributed by atoms with Crippen LogP contribution in [0.4, 0.5) is 0 Å².